The van der Waals surface area contributed by atoms with Gasteiger partial charge in [-0.15, -0.1) is 0 Å². The maximum Gasteiger partial charge on any atom is 0.223 e. The first-order valence-electron chi connectivity index (χ1n) is 5.71. The SMILES string of the molecule is CC(C)CN1CCn2cc(O)c(=O)cc2C1. The van der Waals surface area contributed by atoms with Gasteiger partial charge in [-0.3, -0.25) is 9.69 Å². The molecule has 2 rings (SSSR count). The van der Waals surface area contributed by atoms with E-state index < -0.39 is 0 Å². The van der Waals surface area contributed by atoms with Gasteiger partial charge in [-0.1, -0.05) is 13.8 Å². The minimum absolute atomic E-state index is 0.152. The van der Waals surface area contributed by atoms with Crippen molar-refractivity contribution in [3.8, 4) is 5.75 Å². The average molecular weight is 222 g/mol. The second kappa shape index (κ2) is 4.29. The summed E-state index contributed by atoms with van der Waals surface area (Å²) in [5.74, 6) is 0.483. The van der Waals surface area contributed by atoms with Gasteiger partial charge in [0.2, 0.25) is 5.43 Å². The van der Waals surface area contributed by atoms with Crippen LogP contribution in [0, 0.1) is 5.92 Å². The predicted molar refractivity (Wildman–Crippen MR) is 62.5 cm³/mol. The number of hydrogen-bond acceptors (Lipinski definition) is 3. The summed E-state index contributed by atoms with van der Waals surface area (Å²) in [7, 11) is 0. The fourth-order valence-corrected chi connectivity index (χ4v) is 2.18. The first-order chi connectivity index (χ1) is 7.56. The van der Waals surface area contributed by atoms with E-state index in [1.54, 1.807) is 12.3 Å². The van der Waals surface area contributed by atoms with E-state index in [0.717, 1.165) is 31.9 Å². The van der Waals surface area contributed by atoms with Gasteiger partial charge in [0.05, 0.1) is 6.20 Å². The van der Waals surface area contributed by atoms with Crippen LogP contribution in [0.5, 0.6) is 5.75 Å². The summed E-state index contributed by atoms with van der Waals surface area (Å²) in [4.78, 5) is 13.7. The van der Waals surface area contributed by atoms with Crippen molar-refractivity contribution in [2.45, 2.75) is 26.9 Å². The zero-order chi connectivity index (χ0) is 11.7. The highest BCUT2D eigenvalue weighted by Gasteiger charge is 2.17. The van der Waals surface area contributed by atoms with Gasteiger partial charge < -0.3 is 9.67 Å². The first-order valence-corrected chi connectivity index (χ1v) is 5.71. The molecule has 0 spiro atoms. The topological polar surface area (TPSA) is 45.5 Å². The summed E-state index contributed by atoms with van der Waals surface area (Å²) in [5, 5.41) is 9.34. The van der Waals surface area contributed by atoms with E-state index in [-0.39, 0.29) is 11.2 Å². The van der Waals surface area contributed by atoms with E-state index in [0.29, 0.717) is 5.92 Å². The van der Waals surface area contributed by atoms with Crippen LogP contribution in [0.3, 0.4) is 0 Å². The lowest BCUT2D eigenvalue weighted by Crippen LogP contribution is -2.37. The van der Waals surface area contributed by atoms with E-state index >= 15 is 0 Å². The third-order valence-corrected chi connectivity index (χ3v) is 2.86. The molecule has 1 aliphatic heterocycles. The third-order valence-electron chi connectivity index (χ3n) is 2.86. The summed E-state index contributed by atoms with van der Waals surface area (Å²) in [6.07, 6.45) is 1.55. The van der Waals surface area contributed by atoms with Gasteiger partial charge in [0.1, 0.15) is 0 Å². The molecular formula is C12H18N2O2. The molecule has 0 radical (unpaired) electrons. The lowest BCUT2D eigenvalue weighted by atomic mass is 10.1. The highest BCUT2D eigenvalue weighted by molar-refractivity contribution is 5.21. The monoisotopic (exact) mass is 222 g/mol. The van der Waals surface area contributed by atoms with Crippen molar-refractivity contribution in [1.29, 1.82) is 0 Å². The Hall–Kier alpha value is -1.29. The van der Waals surface area contributed by atoms with Gasteiger partial charge >= 0.3 is 0 Å². The maximum absolute atomic E-state index is 11.3. The molecule has 2 heterocycles. The van der Waals surface area contributed by atoms with Gasteiger partial charge in [0.15, 0.2) is 5.75 Å². The molecule has 0 aliphatic carbocycles. The average Bonchev–Trinajstić information content (AvgIpc) is 2.19. The number of nitrogens with zero attached hydrogens (tertiary/aromatic N) is 2. The summed E-state index contributed by atoms with van der Waals surface area (Å²) >= 11 is 0. The van der Waals surface area contributed by atoms with Gasteiger partial charge in [-0.05, 0) is 5.92 Å². The minimum atomic E-state index is -0.280. The summed E-state index contributed by atoms with van der Waals surface area (Å²) in [6.45, 7) is 8.06. The van der Waals surface area contributed by atoms with Crippen molar-refractivity contribution in [3.63, 3.8) is 0 Å². The van der Waals surface area contributed by atoms with Gasteiger partial charge in [0, 0.05) is 37.9 Å². The fourth-order valence-electron chi connectivity index (χ4n) is 2.18. The molecule has 1 aliphatic rings. The zero-order valence-electron chi connectivity index (χ0n) is 9.81. The molecule has 1 aromatic rings. The van der Waals surface area contributed by atoms with Crippen LogP contribution in [0.2, 0.25) is 0 Å². The Morgan fingerprint density at radius 3 is 2.88 bits per heavy atom. The number of aromatic hydroxyl groups is 1. The third kappa shape index (κ3) is 2.27. The molecule has 4 heteroatoms. The molecule has 0 amide bonds. The van der Waals surface area contributed by atoms with Crippen molar-refractivity contribution in [1.82, 2.24) is 9.47 Å². The van der Waals surface area contributed by atoms with Crippen LogP contribution in [0.4, 0.5) is 0 Å². The molecule has 1 aromatic heterocycles. The number of hydrogen-bond donors (Lipinski definition) is 1. The van der Waals surface area contributed by atoms with Crippen molar-refractivity contribution >= 4 is 0 Å². The first kappa shape index (κ1) is 11.2. The Balaban J connectivity index is 2.20. The Morgan fingerprint density at radius 1 is 1.44 bits per heavy atom. The van der Waals surface area contributed by atoms with Crippen molar-refractivity contribution in [2.24, 2.45) is 5.92 Å². The number of pyridine rings is 1. The summed E-state index contributed by atoms with van der Waals surface area (Å²) in [6, 6.07) is 1.54. The fraction of sp³-hybridized carbons (Fsp3) is 0.583. The summed E-state index contributed by atoms with van der Waals surface area (Å²) < 4.78 is 1.97. The standard InChI is InChI=1S/C12H18N2O2/c1-9(2)6-13-3-4-14-8-12(16)11(15)5-10(14)7-13/h5,8-9,16H,3-4,6-7H2,1-2H3. The molecule has 0 fully saturated rings. The maximum atomic E-state index is 11.3. The predicted octanol–water partition coefficient (Wildman–Crippen LogP) is 1.03. The molecule has 0 saturated heterocycles. The van der Waals surface area contributed by atoms with Gasteiger partial charge in [0.25, 0.3) is 0 Å². The van der Waals surface area contributed by atoms with E-state index in [2.05, 4.69) is 18.7 Å². The molecule has 88 valence electrons. The Morgan fingerprint density at radius 2 is 2.19 bits per heavy atom. The van der Waals surface area contributed by atoms with Gasteiger partial charge in [-0.2, -0.15) is 0 Å². The highest BCUT2D eigenvalue weighted by Crippen LogP contribution is 2.14. The van der Waals surface area contributed by atoms with Crippen LogP contribution in [-0.4, -0.2) is 27.7 Å². The molecule has 0 saturated carbocycles. The van der Waals surface area contributed by atoms with E-state index in [1.165, 1.54) is 0 Å². The molecule has 0 unspecified atom stereocenters. The number of rotatable bonds is 2. The normalized spacial score (nSPS) is 16.4. The lowest BCUT2D eigenvalue weighted by Gasteiger charge is -2.31. The molecule has 0 bridgehead atoms. The van der Waals surface area contributed by atoms with Crippen molar-refractivity contribution in [2.75, 3.05) is 13.1 Å². The largest absolute Gasteiger partial charge is 0.503 e. The Labute approximate surface area is 95.1 Å². The molecule has 0 aromatic carbocycles. The van der Waals surface area contributed by atoms with E-state index in [1.807, 2.05) is 4.57 Å². The molecule has 16 heavy (non-hydrogen) atoms. The van der Waals surface area contributed by atoms with Crippen LogP contribution in [0.1, 0.15) is 19.5 Å². The molecule has 1 N–H and O–H groups in total. The highest BCUT2D eigenvalue weighted by atomic mass is 16.3. The van der Waals surface area contributed by atoms with E-state index in [9.17, 15) is 9.90 Å². The summed E-state index contributed by atoms with van der Waals surface area (Å²) in [5.41, 5.74) is 0.715. The minimum Gasteiger partial charge on any atom is -0.503 e. The van der Waals surface area contributed by atoms with Crippen LogP contribution in [-0.2, 0) is 13.1 Å². The van der Waals surface area contributed by atoms with Crippen LogP contribution in [0.25, 0.3) is 0 Å². The zero-order valence-corrected chi connectivity index (χ0v) is 9.81. The molecular weight excluding hydrogens is 204 g/mol. The molecule has 0 atom stereocenters. The van der Waals surface area contributed by atoms with Crippen LogP contribution >= 0.6 is 0 Å². The van der Waals surface area contributed by atoms with Crippen molar-refractivity contribution in [3.05, 3.63) is 28.2 Å². The second-order valence-corrected chi connectivity index (χ2v) is 4.84. The van der Waals surface area contributed by atoms with Crippen molar-refractivity contribution < 1.29 is 5.11 Å². The number of fused-ring (bicyclic) bond motifs is 1. The van der Waals surface area contributed by atoms with E-state index in [4.69, 9.17) is 0 Å². The smallest absolute Gasteiger partial charge is 0.223 e. The van der Waals surface area contributed by atoms with Crippen LogP contribution < -0.4 is 5.43 Å². The Kier molecular flexibility index (Phi) is 3.01. The Bertz CT molecular complexity index is 437. The lowest BCUT2D eigenvalue weighted by molar-refractivity contribution is 0.196. The van der Waals surface area contributed by atoms with Crippen LogP contribution in [0.15, 0.2) is 17.1 Å². The quantitative estimate of drug-likeness (QED) is 0.812. The van der Waals surface area contributed by atoms with Gasteiger partial charge in [-0.25, -0.2) is 0 Å². The second-order valence-electron chi connectivity index (χ2n) is 4.84. The number of aromatic nitrogens is 1. The molecule has 4 nitrogen and oxygen atoms in total.